The molecular formula is C16H33IN4O3S. The zero-order chi connectivity index (χ0) is 18.5. The van der Waals surface area contributed by atoms with Gasteiger partial charge in [0.25, 0.3) is 0 Å². The Morgan fingerprint density at radius 2 is 1.92 bits per heavy atom. The second-order valence-electron chi connectivity index (χ2n) is 7.50. The third kappa shape index (κ3) is 7.28. The number of amides is 1. The zero-order valence-corrected chi connectivity index (χ0v) is 19.3. The molecule has 7 nitrogen and oxygen atoms in total. The summed E-state index contributed by atoms with van der Waals surface area (Å²) < 4.78 is 23.5. The number of likely N-dealkylation sites (tertiary alicyclic amines) is 1. The van der Waals surface area contributed by atoms with Gasteiger partial charge in [-0.1, -0.05) is 13.8 Å². The van der Waals surface area contributed by atoms with Crippen LogP contribution >= 0.6 is 24.0 Å². The van der Waals surface area contributed by atoms with E-state index in [1.807, 2.05) is 18.7 Å². The van der Waals surface area contributed by atoms with Crippen molar-refractivity contribution in [3.63, 3.8) is 0 Å². The molecule has 25 heavy (non-hydrogen) atoms. The van der Waals surface area contributed by atoms with Gasteiger partial charge < -0.3 is 15.5 Å². The Labute approximate surface area is 169 Å². The zero-order valence-electron chi connectivity index (χ0n) is 16.1. The lowest BCUT2D eigenvalue weighted by molar-refractivity contribution is -0.133. The van der Waals surface area contributed by atoms with Crippen LogP contribution in [0.5, 0.6) is 0 Å². The molecule has 9 heteroatoms. The standard InChI is InChI=1S/C16H32N4O3S.HI/c1-12(2)14(21)20-9-7-13(11-20)19-15(17-6)18-8-10-24(22,23)16(3,4)5;/h12-13H,7-11H2,1-6H3,(H2,17,18,19);1H. The van der Waals surface area contributed by atoms with Crippen LogP contribution in [0, 0.1) is 5.92 Å². The summed E-state index contributed by atoms with van der Waals surface area (Å²) in [6.07, 6.45) is 0.861. The van der Waals surface area contributed by atoms with Gasteiger partial charge in [0.05, 0.1) is 10.5 Å². The van der Waals surface area contributed by atoms with Crippen molar-refractivity contribution in [1.82, 2.24) is 15.5 Å². The average Bonchev–Trinajstić information content (AvgIpc) is 2.92. The lowest BCUT2D eigenvalue weighted by atomic mass is 10.2. The minimum absolute atomic E-state index is 0. The molecule has 1 aliphatic heterocycles. The summed E-state index contributed by atoms with van der Waals surface area (Å²) in [6.45, 7) is 10.6. The molecule has 0 aromatic heterocycles. The summed E-state index contributed by atoms with van der Waals surface area (Å²) in [5, 5.41) is 6.31. The Balaban J connectivity index is 0.00000576. The van der Waals surface area contributed by atoms with Gasteiger partial charge in [0.2, 0.25) is 5.91 Å². The fraction of sp³-hybridized carbons (Fsp3) is 0.875. The third-order valence-corrected chi connectivity index (χ3v) is 6.76. The molecule has 1 fully saturated rings. The summed E-state index contributed by atoms with van der Waals surface area (Å²) in [6, 6.07) is 0.137. The van der Waals surface area contributed by atoms with Crippen molar-refractivity contribution in [2.75, 3.05) is 32.4 Å². The highest BCUT2D eigenvalue weighted by Crippen LogP contribution is 2.15. The van der Waals surface area contributed by atoms with E-state index >= 15 is 0 Å². The highest BCUT2D eigenvalue weighted by Gasteiger charge is 2.29. The number of halogens is 1. The molecule has 1 atom stereocenters. The van der Waals surface area contributed by atoms with Crippen molar-refractivity contribution in [2.45, 2.75) is 51.8 Å². The van der Waals surface area contributed by atoms with Crippen molar-refractivity contribution >= 4 is 45.7 Å². The van der Waals surface area contributed by atoms with E-state index in [0.29, 0.717) is 19.0 Å². The maximum Gasteiger partial charge on any atom is 0.225 e. The van der Waals surface area contributed by atoms with E-state index in [2.05, 4.69) is 15.6 Å². The molecule has 0 radical (unpaired) electrons. The van der Waals surface area contributed by atoms with Crippen molar-refractivity contribution in [3.8, 4) is 0 Å². The quantitative estimate of drug-likeness (QED) is 0.345. The number of aliphatic imine (C=N–C) groups is 1. The summed E-state index contributed by atoms with van der Waals surface area (Å²) in [5.41, 5.74) is 0. The number of nitrogens with zero attached hydrogens (tertiary/aromatic N) is 2. The minimum Gasteiger partial charge on any atom is -0.355 e. The van der Waals surface area contributed by atoms with Crippen LogP contribution in [0.1, 0.15) is 41.0 Å². The van der Waals surface area contributed by atoms with Crippen LogP contribution in [0.25, 0.3) is 0 Å². The average molecular weight is 488 g/mol. The highest BCUT2D eigenvalue weighted by atomic mass is 127. The van der Waals surface area contributed by atoms with Gasteiger partial charge in [-0.25, -0.2) is 8.42 Å². The maximum absolute atomic E-state index is 12.1. The van der Waals surface area contributed by atoms with E-state index in [1.54, 1.807) is 27.8 Å². The fourth-order valence-electron chi connectivity index (χ4n) is 2.44. The molecule has 1 aliphatic rings. The molecule has 0 aromatic carbocycles. The molecule has 1 unspecified atom stereocenters. The van der Waals surface area contributed by atoms with Gasteiger partial charge in [0.1, 0.15) is 0 Å². The van der Waals surface area contributed by atoms with E-state index in [4.69, 9.17) is 0 Å². The first-order valence-electron chi connectivity index (χ1n) is 8.46. The first-order chi connectivity index (χ1) is 11.0. The van der Waals surface area contributed by atoms with Crippen molar-refractivity contribution in [3.05, 3.63) is 0 Å². The normalized spacial score (nSPS) is 18.9. The van der Waals surface area contributed by atoms with Crippen LogP contribution in [-0.4, -0.2) is 68.4 Å². The Morgan fingerprint density at radius 1 is 1.32 bits per heavy atom. The van der Waals surface area contributed by atoms with Crippen molar-refractivity contribution < 1.29 is 13.2 Å². The van der Waals surface area contributed by atoms with Crippen LogP contribution in [0.3, 0.4) is 0 Å². The second-order valence-corrected chi connectivity index (χ2v) is 10.4. The number of carbonyl (C=O) groups is 1. The van der Waals surface area contributed by atoms with E-state index in [-0.39, 0.29) is 47.6 Å². The summed E-state index contributed by atoms with van der Waals surface area (Å²) >= 11 is 0. The largest absolute Gasteiger partial charge is 0.355 e. The number of rotatable bonds is 5. The molecule has 0 spiro atoms. The van der Waals surface area contributed by atoms with E-state index in [9.17, 15) is 13.2 Å². The first-order valence-corrected chi connectivity index (χ1v) is 10.1. The van der Waals surface area contributed by atoms with E-state index in [1.165, 1.54) is 0 Å². The van der Waals surface area contributed by atoms with Crippen molar-refractivity contribution in [2.24, 2.45) is 10.9 Å². The highest BCUT2D eigenvalue weighted by molar-refractivity contribution is 14.0. The Bertz CT molecular complexity index is 570. The molecule has 1 amide bonds. The predicted octanol–water partition coefficient (Wildman–Crippen LogP) is 1.24. The summed E-state index contributed by atoms with van der Waals surface area (Å²) in [5.74, 6) is 0.796. The molecule has 0 saturated carbocycles. The van der Waals surface area contributed by atoms with Gasteiger partial charge in [-0.3, -0.25) is 9.79 Å². The molecule has 148 valence electrons. The smallest absolute Gasteiger partial charge is 0.225 e. The first kappa shape index (κ1) is 24.4. The third-order valence-electron chi connectivity index (χ3n) is 4.15. The van der Waals surface area contributed by atoms with Gasteiger partial charge in [0.15, 0.2) is 15.8 Å². The maximum atomic E-state index is 12.1. The van der Waals surface area contributed by atoms with Crippen LogP contribution in [0.4, 0.5) is 0 Å². The number of guanidine groups is 1. The van der Waals surface area contributed by atoms with Gasteiger partial charge >= 0.3 is 0 Å². The molecule has 0 aromatic rings. The lowest BCUT2D eigenvalue weighted by Gasteiger charge is -2.21. The fourth-order valence-corrected chi connectivity index (χ4v) is 3.42. The predicted molar refractivity (Wildman–Crippen MR) is 113 cm³/mol. The van der Waals surface area contributed by atoms with Gasteiger partial charge in [-0.2, -0.15) is 0 Å². The molecule has 1 heterocycles. The van der Waals surface area contributed by atoms with Gasteiger partial charge in [0, 0.05) is 38.6 Å². The van der Waals surface area contributed by atoms with Crippen LogP contribution in [-0.2, 0) is 14.6 Å². The minimum atomic E-state index is -3.16. The monoisotopic (exact) mass is 488 g/mol. The summed E-state index contributed by atoms with van der Waals surface area (Å²) in [4.78, 5) is 18.0. The molecule has 0 bridgehead atoms. The topological polar surface area (TPSA) is 90.9 Å². The Hall–Kier alpha value is -0.580. The molecular weight excluding hydrogens is 455 g/mol. The molecule has 2 N–H and O–H groups in total. The molecule has 1 saturated heterocycles. The van der Waals surface area contributed by atoms with Gasteiger partial charge in [-0.05, 0) is 27.2 Å². The molecule has 1 rings (SSSR count). The number of hydrogen-bond acceptors (Lipinski definition) is 4. The van der Waals surface area contributed by atoms with Crippen LogP contribution in [0.15, 0.2) is 4.99 Å². The number of carbonyl (C=O) groups excluding carboxylic acids is 1. The number of hydrogen-bond donors (Lipinski definition) is 2. The molecule has 0 aliphatic carbocycles. The Kier molecular flexibility index (Phi) is 9.71. The van der Waals surface area contributed by atoms with Crippen LogP contribution < -0.4 is 10.6 Å². The lowest BCUT2D eigenvalue weighted by Crippen LogP contribution is -2.47. The van der Waals surface area contributed by atoms with Crippen molar-refractivity contribution in [1.29, 1.82) is 0 Å². The van der Waals surface area contributed by atoms with Crippen LogP contribution in [0.2, 0.25) is 0 Å². The number of nitrogens with one attached hydrogen (secondary N) is 2. The number of sulfone groups is 1. The van der Waals surface area contributed by atoms with Gasteiger partial charge in [-0.15, -0.1) is 24.0 Å². The summed E-state index contributed by atoms with van der Waals surface area (Å²) in [7, 11) is -1.50. The Morgan fingerprint density at radius 3 is 2.40 bits per heavy atom. The second kappa shape index (κ2) is 9.94. The van der Waals surface area contributed by atoms with E-state index in [0.717, 1.165) is 13.0 Å². The SMILES string of the molecule is CN=C(NCCS(=O)(=O)C(C)(C)C)NC1CCN(C(=O)C(C)C)C1.I. The van der Waals surface area contributed by atoms with E-state index < -0.39 is 14.6 Å².